The predicted molar refractivity (Wildman–Crippen MR) is 121 cm³/mol. The van der Waals surface area contributed by atoms with Gasteiger partial charge in [0.2, 0.25) is 0 Å². The minimum Gasteiger partial charge on any atom is -0.462 e. The summed E-state index contributed by atoms with van der Waals surface area (Å²) >= 11 is 1.21. The lowest BCUT2D eigenvalue weighted by Crippen LogP contribution is -2.15. The number of benzene rings is 2. The molecule has 0 atom stereocenters. The lowest BCUT2D eigenvalue weighted by molar-refractivity contribution is -0.385. The van der Waals surface area contributed by atoms with Gasteiger partial charge in [0.15, 0.2) is 0 Å². The largest absolute Gasteiger partial charge is 0.462 e. The Balaban J connectivity index is 2.02. The van der Waals surface area contributed by atoms with Crippen LogP contribution in [0.25, 0.3) is 11.1 Å². The molecule has 1 N–H and O–H groups in total. The number of amides is 1. The topological polar surface area (TPSA) is 98.5 Å². The van der Waals surface area contributed by atoms with Gasteiger partial charge in [0.05, 0.1) is 11.5 Å². The van der Waals surface area contributed by atoms with Crippen LogP contribution >= 0.6 is 11.3 Å². The van der Waals surface area contributed by atoms with Gasteiger partial charge in [-0.05, 0) is 44.9 Å². The summed E-state index contributed by atoms with van der Waals surface area (Å²) in [4.78, 5) is 36.2. The standard InChI is InChI=1S/C23H22N2O5S/c1-5-30-23(27)20-18(17-9-6-13(2)10-15(17)4)12-31-22(20)24-21(26)16-8-7-14(3)19(11-16)25(28)29/h6-12H,5H2,1-4H3,(H,24,26). The van der Waals surface area contributed by atoms with E-state index in [4.69, 9.17) is 4.74 Å². The molecule has 1 amide bonds. The molecule has 0 aliphatic heterocycles. The van der Waals surface area contributed by atoms with E-state index in [0.717, 1.165) is 16.7 Å². The number of carbonyl (C=O) groups is 2. The third kappa shape index (κ3) is 4.64. The number of nitro groups is 1. The van der Waals surface area contributed by atoms with Gasteiger partial charge in [-0.3, -0.25) is 14.9 Å². The Morgan fingerprint density at radius 2 is 1.81 bits per heavy atom. The molecule has 0 radical (unpaired) electrons. The number of aryl methyl sites for hydroxylation is 3. The molecule has 0 aliphatic carbocycles. The Kier molecular flexibility index (Phi) is 6.50. The molecule has 8 heteroatoms. The lowest BCUT2D eigenvalue weighted by atomic mass is 9.97. The highest BCUT2D eigenvalue weighted by atomic mass is 32.1. The maximum atomic E-state index is 12.8. The Morgan fingerprint density at radius 3 is 2.45 bits per heavy atom. The monoisotopic (exact) mass is 438 g/mol. The number of carbonyl (C=O) groups excluding carboxylic acids is 2. The number of thiophene rings is 1. The fourth-order valence-corrected chi connectivity index (χ4v) is 4.24. The molecule has 0 aliphatic rings. The highest BCUT2D eigenvalue weighted by Gasteiger charge is 2.24. The second-order valence-electron chi connectivity index (χ2n) is 7.10. The number of nitro benzene ring substituents is 1. The molecule has 0 fully saturated rings. The summed E-state index contributed by atoms with van der Waals surface area (Å²) < 4.78 is 5.23. The number of nitrogens with zero attached hydrogens (tertiary/aromatic N) is 1. The SMILES string of the molecule is CCOC(=O)c1c(-c2ccc(C)cc2C)csc1NC(=O)c1ccc(C)c([N+](=O)[O-])c1. The van der Waals surface area contributed by atoms with E-state index in [9.17, 15) is 19.7 Å². The summed E-state index contributed by atoms with van der Waals surface area (Å²) in [6.07, 6.45) is 0. The number of hydrogen-bond donors (Lipinski definition) is 1. The van der Waals surface area contributed by atoms with Crippen molar-refractivity contribution < 1.29 is 19.2 Å². The zero-order valence-electron chi connectivity index (χ0n) is 17.6. The van der Waals surface area contributed by atoms with Crippen LogP contribution in [0.2, 0.25) is 0 Å². The number of rotatable bonds is 6. The zero-order valence-corrected chi connectivity index (χ0v) is 18.5. The molecule has 1 heterocycles. The fourth-order valence-electron chi connectivity index (χ4n) is 3.29. The zero-order chi connectivity index (χ0) is 22.7. The van der Waals surface area contributed by atoms with Gasteiger partial charge in [-0.1, -0.05) is 29.8 Å². The Hall–Kier alpha value is -3.52. The van der Waals surface area contributed by atoms with Crippen molar-refractivity contribution in [2.24, 2.45) is 0 Å². The number of anilines is 1. The lowest BCUT2D eigenvalue weighted by Gasteiger charge is -2.11. The van der Waals surface area contributed by atoms with Crippen molar-refractivity contribution in [1.29, 1.82) is 0 Å². The molecule has 31 heavy (non-hydrogen) atoms. The summed E-state index contributed by atoms with van der Waals surface area (Å²) in [6.45, 7) is 7.46. The van der Waals surface area contributed by atoms with Crippen molar-refractivity contribution in [2.45, 2.75) is 27.7 Å². The van der Waals surface area contributed by atoms with Gasteiger partial charge in [-0.15, -0.1) is 11.3 Å². The smallest absolute Gasteiger partial charge is 0.341 e. The van der Waals surface area contributed by atoms with E-state index in [-0.39, 0.29) is 23.4 Å². The molecule has 1 aromatic heterocycles. The first-order valence-corrected chi connectivity index (χ1v) is 10.5. The molecule has 0 unspecified atom stereocenters. The van der Waals surface area contributed by atoms with Gasteiger partial charge in [0, 0.05) is 28.1 Å². The Labute approximate surface area is 183 Å². The van der Waals surface area contributed by atoms with Crippen LogP contribution in [0.15, 0.2) is 41.8 Å². The van der Waals surface area contributed by atoms with Crippen LogP contribution in [0.3, 0.4) is 0 Å². The molecular formula is C23H22N2O5S. The summed E-state index contributed by atoms with van der Waals surface area (Å²) in [6, 6.07) is 10.2. The molecular weight excluding hydrogens is 416 g/mol. The van der Waals surface area contributed by atoms with E-state index >= 15 is 0 Å². The molecule has 3 aromatic rings. The van der Waals surface area contributed by atoms with Crippen molar-refractivity contribution in [1.82, 2.24) is 0 Å². The van der Waals surface area contributed by atoms with Crippen LogP contribution in [-0.2, 0) is 4.74 Å². The van der Waals surface area contributed by atoms with E-state index in [1.165, 1.54) is 29.5 Å². The average molecular weight is 439 g/mol. The van der Waals surface area contributed by atoms with Crippen LogP contribution in [0, 0.1) is 30.9 Å². The first-order chi connectivity index (χ1) is 14.7. The molecule has 0 saturated carbocycles. The maximum Gasteiger partial charge on any atom is 0.341 e. The van der Waals surface area contributed by atoms with E-state index in [0.29, 0.717) is 16.1 Å². The second kappa shape index (κ2) is 9.09. The summed E-state index contributed by atoms with van der Waals surface area (Å²) in [5.74, 6) is -1.08. The summed E-state index contributed by atoms with van der Waals surface area (Å²) in [7, 11) is 0. The highest BCUT2D eigenvalue weighted by Crippen LogP contribution is 2.38. The minimum atomic E-state index is -0.539. The number of nitrogens with one attached hydrogen (secondary N) is 1. The number of hydrogen-bond acceptors (Lipinski definition) is 6. The molecule has 0 saturated heterocycles. The first kappa shape index (κ1) is 22.2. The predicted octanol–water partition coefficient (Wildman–Crippen LogP) is 5.68. The first-order valence-electron chi connectivity index (χ1n) is 9.65. The van der Waals surface area contributed by atoms with Crippen molar-refractivity contribution in [3.8, 4) is 11.1 Å². The average Bonchev–Trinajstić information content (AvgIpc) is 3.11. The normalized spacial score (nSPS) is 10.6. The van der Waals surface area contributed by atoms with Gasteiger partial charge in [0.25, 0.3) is 11.6 Å². The van der Waals surface area contributed by atoms with Crippen molar-refractivity contribution in [2.75, 3.05) is 11.9 Å². The second-order valence-corrected chi connectivity index (χ2v) is 7.98. The molecule has 160 valence electrons. The Morgan fingerprint density at radius 1 is 1.06 bits per heavy atom. The molecule has 0 spiro atoms. The van der Waals surface area contributed by atoms with Gasteiger partial charge >= 0.3 is 5.97 Å². The van der Waals surface area contributed by atoms with E-state index in [1.54, 1.807) is 19.2 Å². The van der Waals surface area contributed by atoms with Crippen LogP contribution < -0.4 is 5.32 Å². The van der Waals surface area contributed by atoms with Crippen LogP contribution in [0.1, 0.15) is 44.3 Å². The van der Waals surface area contributed by atoms with Gasteiger partial charge in [0.1, 0.15) is 10.6 Å². The third-order valence-corrected chi connectivity index (χ3v) is 5.73. The van der Waals surface area contributed by atoms with Gasteiger partial charge in [-0.25, -0.2) is 4.79 Å². The van der Waals surface area contributed by atoms with Crippen LogP contribution in [-0.4, -0.2) is 23.4 Å². The Bertz CT molecular complexity index is 1180. The summed E-state index contributed by atoms with van der Waals surface area (Å²) in [5.41, 5.74) is 4.37. The molecule has 3 rings (SSSR count). The van der Waals surface area contributed by atoms with E-state index < -0.39 is 16.8 Å². The summed E-state index contributed by atoms with van der Waals surface area (Å²) in [5, 5.41) is 16.1. The van der Waals surface area contributed by atoms with Crippen molar-refractivity contribution in [3.63, 3.8) is 0 Å². The van der Waals surface area contributed by atoms with Gasteiger partial charge in [-0.2, -0.15) is 0 Å². The molecule has 0 bridgehead atoms. The van der Waals surface area contributed by atoms with Crippen LogP contribution in [0.4, 0.5) is 10.7 Å². The van der Waals surface area contributed by atoms with Crippen LogP contribution in [0.5, 0.6) is 0 Å². The minimum absolute atomic E-state index is 0.133. The maximum absolute atomic E-state index is 12.8. The molecule has 2 aromatic carbocycles. The van der Waals surface area contributed by atoms with E-state index in [2.05, 4.69) is 5.32 Å². The van der Waals surface area contributed by atoms with E-state index in [1.807, 2.05) is 32.0 Å². The van der Waals surface area contributed by atoms with Gasteiger partial charge < -0.3 is 10.1 Å². The highest BCUT2D eigenvalue weighted by molar-refractivity contribution is 7.15. The molecule has 7 nitrogen and oxygen atoms in total. The quantitative estimate of drug-likeness (QED) is 0.303. The fraction of sp³-hybridized carbons (Fsp3) is 0.217. The van der Waals surface area contributed by atoms with Crippen molar-refractivity contribution >= 4 is 33.9 Å². The third-order valence-electron chi connectivity index (χ3n) is 4.84. The number of ether oxygens (including phenoxy) is 1. The van der Waals surface area contributed by atoms with Crippen molar-refractivity contribution in [3.05, 3.63) is 79.7 Å². The number of esters is 1.